The highest BCUT2D eigenvalue weighted by atomic mass is 16.3. The molecule has 4 heteroatoms. The summed E-state index contributed by atoms with van der Waals surface area (Å²) in [7, 11) is 0. The smallest absolute Gasteiger partial charge is 0.188 e. The Bertz CT molecular complexity index is 644. The van der Waals surface area contributed by atoms with Crippen molar-refractivity contribution in [2.45, 2.75) is 44.8 Å². The molecule has 0 saturated heterocycles. The Labute approximate surface area is 130 Å². The van der Waals surface area contributed by atoms with Gasteiger partial charge in [0.2, 0.25) is 0 Å². The molecule has 0 amide bonds. The van der Waals surface area contributed by atoms with Crippen molar-refractivity contribution < 1.29 is 9.90 Å². The minimum absolute atomic E-state index is 0.00577. The third-order valence-corrected chi connectivity index (χ3v) is 4.82. The van der Waals surface area contributed by atoms with Gasteiger partial charge in [0, 0.05) is 12.4 Å². The fraction of sp³-hybridized carbons (Fsp3) is 0.444. The zero-order valence-corrected chi connectivity index (χ0v) is 12.9. The predicted octanol–water partition coefficient (Wildman–Crippen LogP) is 2.84. The Morgan fingerprint density at radius 2 is 2.00 bits per heavy atom. The number of benzene rings is 1. The molecule has 1 N–H and O–H groups in total. The second-order valence-electron chi connectivity index (χ2n) is 6.14. The molecule has 1 atom stereocenters. The zero-order valence-electron chi connectivity index (χ0n) is 12.9. The molecule has 1 fully saturated rings. The van der Waals surface area contributed by atoms with Gasteiger partial charge in [0.25, 0.3) is 0 Å². The molecule has 116 valence electrons. The van der Waals surface area contributed by atoms with E-state index in [0.29, 0.717) is 5.56 Å². The van der Waals surface area contributed by atoms with Crippen LogP contribution in [0.3, 0.4) is 0 Å². The van der Waals surface area contributed by atoms with E-state index < -0.39 is 5.60 Å². The number of carbonyl (C=O) groups excluding carboxylic acids is 1. The first-order chi connectivity index (χ1) is 10.6. The highest BCUT2D eigenvalue weighted by Crippen LogP contribution is 2.41. The van der Waals surface area contributed by atoms with E-state index in [9.17, 15) is 9.90 Å². The first-order valence-corrected chi connectivity index (χ1v) is 7.91. The maximum Gasteiger partial charge on any atom is 0.188 e. The second-order valence-corrected chi connectivity index (χ2v) is 6.14. The minimum atomic E-state index is -1.39. The predicted molar refractivity (Wildman–Crippen MR) is 84.3 cm³/mol. The number of aliphatic hydroxyl groups is 1. The number of aryl methyl sites for hydroxylation is 1. The van der Waals surface area contributed by atoms with E-state index in [1.54, 1.807) is 17.0 Å². The minimum Gasteiger partial charge on any atom is -0.377 e. The van der Waals surface area contributed by atoms with E-state index in [4.69, 9.17) is 0 Å². The van der Waals surface area contributed by atoms with Crippen LogP contribution >= 0.6 is 0 Å². The van der Waals surface area contributed by atoms with E-state index in [2.05, 4.69) is 4.98 Å². The summed E-state index contributed by atoms with van der Waals surface area (Å²) in [5.41, 5.74) is -0.682. The number of hydrogen-bond donors (Lipinski definition) is 1. The van der Waals surface area contributed by atoms with Crippen LogP contribution in [0.2, 0.25) is 0 Å². The number of nitrogens with zero attached hydrogens (tertiary/aromatic N) is 2. The summed E-state index contributed by atoms with van der Waals surface area (Å²) < 4.78 is 1.80. The molecular formula is C18H22N2O2. The van der Waals surface area contributed by atoms with Crippen LogP contribution < -0.4 is 0 Å². The van der Waals surface area contributed by atoms with E-state index in [1.807, 2.05) is 37.3 Å². The molecule has 1 aliphatic carbocycles. The maximum atomic E-state index is 13.0. The largest absolute Gasteiger partial charge is 0.377 e. The molecule has 0 spiro atoms. The highest BCUT2D eigenvalue weighted by molar-refractivity contribution is 5.88. The van der Waals surface area contributed by atoms with Crippen molar-refractivity contribution >= 4 is 5.78 Å². The fourth-order valence-corrected chi connectivity index (χ4v) is 3.51. The molecule has 3 rings (SSSR count). The number of imidazole rings is 1. The molecule has 0 aliphatic heterocycles. The lowest BCUT2D eigenvalue weighted by molar-refractivity contribution is -0.145. The first-order valence-electron chi connectivity index (χ1n) is 7.91. The van der Waals surface area contributed by atoms with Gasteiger partial charge >= 0.3 is 0 Å². The summed E-state index contributed by atoms with van der Waals surface area (Å²) in [6, 6.07) is 9.38. The maximum absolute atomic E-state index is 13.0. The van der Waals surface area contributed by atoms with Crippen LogP contribution in [-0.2, 0) is 16.9 Å². The Kier molecular flexibility index (Phi) is 4.12. The normalized spacial score (nSPS) is 18.3. The fourth-order valence-electron chi connectivity index (χ4n) is 3.51. The number of carbonyl (C=O) groups is 1. The summed E-state index contributed by atoms with van der Waals surface area (Å²) in [4.78, 5) is 17.1. The second kappa shape index (κ2) is 6.05. The molecule has 4 nitrogen and oxygen atoms in total. The van der Waals surface area contributed by atoms with Crippen molar-refractivity contribution in [3.63, 3.8) is 0 Å². The molecule has 1 aliphatic rings. The summed E-state index contributed by atoms with van der Waals surface area (Å²) in [5.74, 6) is 0.646. The Hall–Kier alpha value is -1.94. The van der Waals surface area contributed by atoms with E-state index in [0.717, 1.165) is 31.5 Å². The Morgan fingerprint density at radius 1 is 1.32 bits per heavy atom. The summed E-state index contributed by atoms with van der Waals surface area (Å²) in [6.45, 7) is 2.03. The lowest BCUT2D eigenvalue weighted by Crippen LogP contribution is -2.44. The van der Waals surface area contributed by atoms with Gasteiger partial charge in [-0.2, -0.15) is 0 Å². The van der Waals surface area contributed by atoms with Crippen molar-refractivity contribution in [1.82, 2.24) is 9.55 Å². The lowest BCUT2D eigenvalue weighted by Gasteiger charge is -2.33. The number of ketones is 1. The third-order valence-electron chi connectivity index (χ3n) is 4.82. The van der Waals surface area contributed by atoms with Gasteiger partial charge in [-0.15, -0.1) is 0 Å². The zero-order chi connectivity index (χ0) is 15.6. The molecule has 1 aromatic carbocycles. The molecule has 1 heterocycles. The quantitative estimate of drug-likeness (QED) is 0.923. The molecule has 1 saturated carbocycles. The van der Waals surface area contributed by atoms with Gasteiger partial charge in [-0.05, 0) is 31.2 Å². The third kappa shape index (κ3) is 2.59. The van der Waals surface area contributed by atoms with Crippen molar-refractivity contribution in [2.24, 2.45) is 5.92 Å². The van der Waals surface area contributed by atoms with Crippen LogP contribution in [0, 0.1) is 12.8 Å². The standard InChI is InChI=1S/C18H22N2O2/c1-14-19-11-12-20(14)13-17(21)18(22,16-9-5-6-10-16)15-7-3-2-4-8-15/h2-4,7-8,11-12,16,22H,5-6,9-10,13H2,1H3/t18-/m0/s1. The van der Waals surface area contributed by atoms with Gasteiger partial charge in [0.05, 0.1) is 6.54 Å². The van der Waals surface area contributed by atoms with Gasteiger partial charge in [-0.1, -0.05) is 43.2 Å². The number of Topliss-reactive ketones (excluding diaryl/α,β-unsaturated/α-hetero) is 1. The van der Waals surface area contributed by atoms with E-state index >= 15 is 0 Å². The molecule has 22 heavy (non-hydrogen) atoms. The van der Waals surface area contributed by atoms with Crippen molar-refractivity contribution in [3.05, 3.63) is 54.1 Å². The monoisotopic (exact) mass is 298 g/mol. The summed E-state index contributed by atoms with van der Waals surface area (Å²) >= 11 is 0. The van der Waals surface area contributed by atoms with Crippen molar-refractivity contribution in [3.8, 4) is 0 Å². The van der Waals surface area contributed by atoms with Gasteiger partial charge in [0.15, 0.2) is 11.4 Å². The molecule has 1 aromatic heterocycles. The topological polar surface area (TPSA) is 55.1 Å². The molecule has 0 radical (unpaired) electrons. The van der Waals surface area contributed by atoms with Crippen LogP contribution in [0.5, 0.6) is 0 Å². The van der Waals surface area contributed by atoms with Crippen LogP contribution in [0.15, 0.2) is 42.7 Å². The molecular weight excluding hydrogens is 276 g/mol. The number of rotatable bonds is 5. The summed E-state index contributed by atoms with van der Waals surface area (Å²) in [5, 5.41) is 11.4. The van der Waals surface area contributed by atoms with Crippen LogP contribution in [0.4, 0.5) is 0 Å². The van der Waals surface area contributed by atoms with Crippen LogP contribution in [0.25, 0.3) is 0 Å². The SMILES string of the molecule is Cc1nccn1CC(=O)[C@](O)(c1ccccc1)C1CCCC1. The van der Waals surface area contributed by atoms with Gasteiger partial charge in [-0.25, -0.2) is 4.98 Å². The molecule has 0 unspecified atom stereocenters. The van der Waals surface area contributed by atoms with Gasteiger partial charge in [0.1, 0.15) is 5.82 Å². The average Bonchev–Trinajstić information content (AvgIpc) is 3.20. The Balaban J connectivity index is 1.94. The van der Waals surface area contributed by atoms with E-state index in [1.165, 1.54) is 0 Å². The Morgan fingerprint density at radius 3 is 2.59 bits per heavy atom. The van der Waals surface area contributed by atoms with E-state index in [-0.39, 0.29) is 18.2 Å². The van der Waals surface area contributed by atoms with Gasteiger partial charge in [-0.3, -0.25) is 4.79 Å². The number of hydrogen-bond acceptors (Lipinski definition) is 3. The average molecular weight is 298 g/mol. The van der Waals surface area contributed by atoms with Crippen molar-refractivity contribution in [2.75, 3.05) is 0 Å². The van der Waals surface area contributed by atoms with Gasteiger partial charge < -0.3 is 9.67 Å². The summed E-state index contributed by atoms with van der Waals surface area (Å²) in [6.07, 6.45) is 7.43. The lowest BCUT2D eigenvalue weighted by atomic mass is 9.77. The van der Waals surface area contributed by atoms with Crippen LogP contribution in [-0.4, -0.2) is 20.4 Å². The highest BCUT2D eigenvalue weighted by Gasteiger charge is 2.45. The molecule has 0 bridgehead atoms. The number of aromatic nitrogens is 2. The van der Waals surface area contributed by atoms with Crippen molar-refractivity contribution in [1.29, 1.82) is 0 Å². The molecule has 2 aromatic rings. The first kappa shape index (κ1) is 15.0. The van der Waals surface area contributed by atoms with Crippen LogP contribution in [0.1, 0.15) is 37.1 Å².